The summed E-state index contributed by atoms with van der Waals surface area (Å²) in [5.74, 6) is 0.362. The number of sulfonamides is 1. The van der Waals surface area contributed by atoms with Crippen LogP contribution >= 0.6 is 0 Å². The van der Waals surface area contributed by atoms with Crippen molar-refractivity contribution in [1.82, 2.24) is 4.31 Å². The SMILES string of the molecule is O=C(COc1ccc2c(c1)CCC2)Nc1cc(S(=O)(=O)N2CCOCC2)ccc1N1CCCC1. The van der Waals surface area contributed by atoms with Gasteiger partial charge in [0.25, 0.3) is 5.91 Å². The quantitative estimate of drug-likeness (QED) is 0.649. The van der Waals surface area contributed by atoms with Crippen LogP contribution < -0.4 is 15.0 Å². The maximum atomic E-state index is 13.2. The van der Waals surface area contributed by atoms with Gasteiger partial charge in [0.15, 0.2) is 6.61 Å². The topological polar surface area (TPSA) is 88.2 Å². The van der Waals surface area contributed by atoms with Gasteiger partial charge in [-0.2, -0.15) is 4.31 Å². The van der Waals surface area contributed by atoms with Gasteiger partial charge in [-0.3, -0.25) is 4.79 Å². The predicted octanol–water partition coefficient (Wildman–Crippen LogP) is 2.81. The number of rotatable bonds is 7. The van der Waals surface area contributed by atoms with E-state index < -0.39 is 10.0 Å². The normalized spacial score (nSPS) is 18.6. The summed E-state index contributed by atoms with van der Waals surface area (Å²) < 4.78 is 38.9. The summed E-state index contributed by atoms with van der Waals surface area (Å²) in [5, 5.41) is 2.91. The number of anilines is 2. The summed E-state index contributed by atoms with van der Waals surface area (Å²) in [6.45, 7) is 3.04. The molecule has 0 bridgehead atoms. The van der Waals surface area contributed by atoms with Crippen LogP contribution in [-0.2, 0) is 32.4 Å². The molecule has 2 aromatic carbocycles. The molecule has 5 rings (SSSR count). The van der Waals surface area contributed by atoms with Crippen molar-refractivity contribution in [2.75, 3.05) is 56.2 Å². The van der Waals surface area contributed by atoms with Crippen LogP contribution in [0.25, 0.3) is 0 Å². The molecule has 2 aromatic rings. The van der Waals surface area contributed by atoms with Gasteiger partial charge in [0.2, 0.25) is 10.0 Å². The van der Waals surface area contributed by atoms with Crippen molar-refractivity contribution in [3.63, 3.8) is 0 Å². The highest BCUT2D eigenvalue weighted by Crippen LogP contribution is 2.33. The molecule has 9 heteroatoms. The Morgan fingerprint density at radius 3 is 2.50 bits per heavy atom. The molecule has 1 N–H and O–H groups in total. The van der Waals surface area contributed by atoms with Crippen molar-refractivity contribution in [2.45, 2.75) is 37.0 Å². The largest absolute Gasteiger partial charge is 0.484 e. The molecule has 0 aromatic heterocycles. The van der Waals surface area contributed by atoms with E-state index in [0.29, 0.717) is 37.7 Å². The van der Waals surface area contributed by atoms with Gasteiger partial charge in [0.05, 0.1) is 29.5 Å². The molecule has 1 aliphatic carbocycles. The number of nitrogens with zero attached hydrogens (tertiary/aromatic N) is 2. The Morgan fingerprint density at radius 1 is 0.941 bits per heavy atom. The summed E-state index contributed by atoms with van der Waals surface area (Å²) in [5.41, 5.74) is 3.98. The smallest absolute Gasteiger partial charge is 0.262 e. The lowest BCUT2D eigenvalue weighted by atomic mass is 10.1. The molecular formula is C25H31N3O5S. The minimum Gasteiger partial charge on any atom is -0.484 e. The zero-order valence-corrected chi connectivity index (χ0v) is 20.1. The number of ether oxygens (including phenoxy) is 2. The first-order valence-electron chi connectivity index (χ1n) is 12.0. The fraction of sp³-hybridized carbons (Fsp3) is 0.480. The van der Waals surface area contributed by atoms with E-state index in [-0.39, 0.29) is 17.4 Å². The number of nitrogens with one attached hydrogen (secondary N) is 1. The number of carbonyl (C=O) groups is 1. The van der Waals surface area contributed by atoms with Crippen LogP contribution in [0.15, 0.2) is 41.3 Å². The van der Waals surface area contributed by atoms with Gasteiger partial charge in [0, 0.05) is 26.2 Å². The van der Waals surface area contributed by atoms with Crippen LogP contribution in [-0.4, -0.2) is 64.6 Å². The van der Waals surface area contributed by atoms with Gasteiger partial charge in [0.1, 0.15) is 5.75 Å². The maximum Gasteiger partial charge on any atom is 0.262 e. The highest BCUT2D eigenvalue weighted by Gasteiger charge is 2.28. The summed E-state index contributed by atoms with van der Waals surface area (Å²) in [6, 6.07) is 11.0. The van der Waals surface area contributed by atoms with Gasteiger partial charge < -0.3 is 19.7 Å². The van der Waals surface area contributed by atoms with Gasteiger partial charge in [-0.1, -0.05) is 6.07 Å². The predicted molar refractivity (Wildman–Crippen MR) is 130 cm³/mol. The van der Waals surface area contributed by atoms with E-state index in [2.05, 4.69) is 16.3 Å². The first kappa shape index (κ1) is 23.1. The Hall–Kier alpha value is -2.62. The second kappa shape index (κ2) is 9.93. The lowest BCUT2D eigenvalue weighted by Gasteiger charge is -2.27. The van der Waals surface area contributed by atoms with Crippen molar-refractivity contribution in [3.8, 4) is 5.75 Å². The maximum absolute atomic E-state index is 13.2. The Morgan fingerprint density at radius 2 is 1.71 bits per heavy atom. The first-order chi connectivity index (χ1) is 16.5. The Balaban J connectivity index is 1.33. The van der Waals surface area contributed by atoms with Crippen LogP contribution in [0.4, 0.5) is 11.4 Å². The zero-order valence-electron chi connectivity index (χ0n) is 19.3. The molecule has 0 unspecified atom stereocenters. The molecule has 3 aliphatic rings. The van der Waals surface area contributed by atoms with Crippen molar-refractivity contribution in [3.05, 3.63) is 47.5 Å². The van der Waals surface area contributed by atoms with Crippen LogP contribution in [0.2, 0.25) is 0 Å². The highest BCUT2D eigenvalue weighted by atomic mass is 32.2. The molecule has 0 spiro atoms. The molecule has 34 heavy (non-hydrogen) atoms. The molecule has 8 nitrogen and oxygen atoms in total. The minimum absolute atomic E-state index is 0.140. The van der Waals surface area contributed by atoms with Crippen molar-refractivity contribution in [2.24, 2.45) is 0 Å². The number of hydrogen-bond acceptors (Lipinski definition) is 6. The summed E-state index contributed by atoms with van der Waals surface area (Å²) >= 11 is 0. The molecule has 0 atom stereocenters. The highest BCUT2D eigenvalue weighted by molar-refractivity contribution is 7.89. The van der Waals surface area contributed by atoms with Gasteiger partial charge in [-0.25, -0.2) is 8.42 Å². The number of morpholine rings is 1. The third-order valence-corrected chi connectivity index (χ3v) is 8.63. The fourth-order valence-electron chi connectivity index (χ4n) is 4.92. The molecule has 1 amide bonds. The van der Waals surface area contributed by atoms with Crippen molar-refractivity contribution < 1.29 is 22.7 Å². The van der Waals surface area contributed by atoms with Crippen LogP contribution in [0, 0.1) is 0 Å². The Bertz CT molecular complexity index is 1160. The number of aryl methyl sites for hydroxylation is 2. The van der Waals surface area contributed by atoms with Crippen molar-refractivity contribution >= 4 is 27.3 Å². The molecule has 182 valence electrons. The van der Waals surface area contributed by atoms with Gasteiger partial charge in [-0.15, -0.1) is 0 Å². The van der Waals surface area contributed by atoms with E-state index >= 15 is 0 Å². The fourth-order valence-corrected chi connectivity index (χ4v) is 6.35. The van der Waals surface area contributed by atoms with E-state index in [4.69, 9.17) is 9.47 Å². The Kier molecular flexibility index (Phi) is 6.76. The van der Waals surface area contributed by atoms with Crippen molar-refractivity contribution in [1.29, 1.82) is 0 Å². The molecule has 0 radical (unpaired) electrons. The van der Waals surface area contributed by atoms with E-state index in [0.717, 1.165) is 50.9 Å². The van der Waals surface area contributed by atoms with E-state index in [1.807, 2.05) is 12.1 Å². The number of fused-ring (bicyclic) bond motifs is 1. The molecular weight excluding hydrogens is 454 g/mol. The van der Waals surface area contributed by atoms with Crippen LogP contribution in [0.1, 0.15) is 30.4 Å². The number of amides is 1. The second-order valence-corrected chi connectivity index (χ2v) is 10.9. The molecule has 2 saturated heterocycles. The standard InChI is InChI=1S/C25H31N3O5S/c29-25(18-33-21-7-6-19-4-3-5-20(19)16-21)26-23-17-22(8-9-24(23)27-10-1-2-11-27)34(30,31)28-12-14-32-15-13-28/h6-9,16-17H,1-5,10-15,18H2,(H,26,29). The van der Waals surface area contributed by atoms with Crippen LogP contribution in [0.3, 0.4) is 0 Å². The lowest BCUT2D eigenvalue weighted by Crippen LogP contribution is -2.40. The average molecular weight is 486 g/mol. The lowest BCUT2D eigenvalue weighted by molar-refractivity contribution is -0.118. The summed E-state index contributed by atoms with van der Waals surface area (Å²) in [7, 11) is -3.67. The zero-order chi connectivity index (χ0) is 23.5. The monoisotopic (exact) mass is 485 g/mol. The number of hydrogen-bond donors (Lipinski definition) is 1. The summed E-state index contributed by atoms with van der Waals surface area (Å²) in [4.78, 5) is 15.2. The third-order valence-electron chi connectivity index (χ3n) is 6.74. The number of benzene rings is 2. The van der Waals surface area contributed by atoms with E-state index in [9.17, 15) is 13.2 Å². The molecule has 2 heterocycles. The van der Waals surface area contributed by atoms with E-state index in [1.54, 1.807) is 18.2 Å². The second-order valence-electron chi connectivity index (χ2n) is 9.01. The molecule has 2 fully saturated rings. The molecule has 2 aliphatic heterocycles. The van der Waals surface area contributed by atoms with E-state index in [1.165, 1.54) is 15.4 Å². The first-order valence-corrected chi connectivity index (χ1v) is 13.5. The van der Waals surface area contributed by atoms with Gasteiger partial charge in [-0.05, 0) is 73.6 Å². The van der Waals surface area contributed by atoms with Gasteiger partial charge >= 0.3 is 0 Å². The number of carbonyl (C=O) groups excluding carboxylic acids is 1. The average Bonchev–Trinajstić information content (AvgIpc) is 3.55. The summed E-state index contributed by atoms with van der Waals surface area (Å²) in [6.07, 6.45) is 5.44. The Labute approximate surface area is 200 Å². The molecule has 0 saturated carbocycles. The third kappa shape index (κ3) is 4.92. The minimum atomic E-state index is -3.67. The van der Waals surface area contributed by atoms with Crippen LogP contribution in [0.5, 0.6) is 5.75 Å².